The highest BCUT2D eigenvalue weighted by molar-refractivity contribution is 9.10. The lowest BCUT2D eigenvalue weighted by Crippen LogP contribution is -2.13. The maximum Gasteiger partial charge on any atom is 0.341 e. The Kier molecular flexibility index (Phi) is 7.49. The summed E-state index contributed by atoms with van der Waals surface area (Å²) in [5, 5.41) is 31.4. The van der Waals surface area contributed by atoms with Crippen LogP contribution in [0.3, 0.4) is 0 Å². The van der Waals surface area contributed by atoms with E-state index in [9.17, 15) is 25.0 Å². The Morgan fingerprint density at radius 2 is 2.07 bits per heavy atom. The number of aliphatic carboxylic acids is 1. The summed E-state index contributed by atoms with van der Waals surface area (Å²) in [6.07, 6.45) is 1.28. The van der Waals surface area contributed by atoms with Crippen LogP contribution in [0.25, 0.3) is 6.08 Å². The SMILES string of the molecule is COc1cc(/C=C(\C#N)C(=O)Nc2cccc([N+](=O)[O-])c2)c(Br)cc1OCC(=O)O. The number of ether oxygens (including phenoxy) is 2. The molecule has 0 bridgehead atoms. The van der Waals surface area contributed by atoms with Crippen LogP contribution in [0.5, 0.6) is 11.5 Å². The van der Waals surface area contributed by atoms with Crippen molar-refractivity contribution in [3.05, 3.63) is 62.1 Å². The standard InChI is InChI=1S/C19H14BrN3O7/c1-29-16-6-11(15(20)8-17(16)30-10-18(24)25)5-12(9-21)19(26)22-13-3-2-4-14(7-13)23(27)28/h2-8H,10H2,1H3,(H,22,26)(H,24,25)/b12-5+. The molecule has 0 aromatic heterocycles. The number of nitro groups is 1. The van der Waals surface area contributed by atoms with Crippen LogP contribution < -0.4 is 14.8 Å². The number of nitrogens with zero attached hydrogens (tertiary/aromatic N) is 2. The number of anilines is 1. The van der Waals surface area contributed by atoms with Crippen LogP contribution in [0.1, 0.15) is 5.56 Å². The number of hydrogen-bond donors (Lipinski definition) is 2. The van der Waals surface area contributed by atoms with E-state index in [2.05, 4.69) is 21.2 Å². The number of carbonyl (C=O) groups excluding carboxylic acids is 1. The topological polar surface area (TPSA) is 152 Å². The van der Waals surface area contributed by atoms with E-state index in [0.717, 1.165) is 0 Å². The molecule has 10 nitrogen and oxygen atoms in total. The fourth-order valence-corrected chi connectivity index (χ4v) is 2.71. The smallest absolute Gasteiger partial charge is 0.341 e. The van der Waals surface area contributed by atoms with Gasteiger partial charge in [0.2, 0.25) is 0 Å². The molecular weight excluding hydrogens is 462 g/mol. The fraction of sp³-hybridized carbons (Fsp3) is 0.105. The van der Waals surface area contributed by atoms with Gasteiger partial charge >= 0.3 is 5.97 Å². The van der Waals surface area contributed by atoms with Crippen LogP contribution in [-0.2, 0) is 9.59 Å². The summed E-state index contributed by atoms with van der Waals surface area (Å²) in [6, 6.07) is 9.97. The number of rotatable bonds is 8. The van der Waals surface area contributed by atoms with E-state index in [-0.39, 0.29) is 28.4 Å². The van der Waals surface area contributed by atoms with E-state index < -0.39 is 23.4 Å². The maximum absolute atomic E-state index is 12.4. The molecule has 0 spiro atoms. The number of benzene rings is 2. The fourth-order valence-electron chi connectivity index (χ4n) is 2.27. The lowest BCUT2D eigenvalue weighted by molar-refractivity contribution is -0.384. The van der Waals surface area contributed by atoms with Crippen molar-refractivity contribution in [2.45, 2.75) is 0 Å². The third-order valence-corrected chi connectivity index (χ3v) is 4.30. The summed E-state index contributed by atoms with van der Waals surface area (Å²) >= 11 is 3.27. The van der Waals surface area contributed by atoms with Crippen LogP contribution in [0.4, 0.5) is 11.4 Å². The second kappa shape index (κ2) is 10.0. The molecule has 0 aliphatic heterocycles. The number of carboxylic acids is 1. The van der Waals surface area contributed by atoms with Crippen LogP contribution in [0, 0.1) is 21.4 Å². The molecule has 0 aliphatic rings. The van der Waals surface area contributed by atoms with Crippen LogP contribution in [-0.4, -0.2) is 35.6 Å². The molecule has 2 N–H and O–H groups in total. The first-order chi connectivity index (χ1) is 14.2. The quantitative estimate of drug-likeness (QED) is 0.255. The van der Waals surface area contributed by atoms with Crippen LogP contribution in [0.15, 0.2) is 46.4 Å². The third kappa shape index (κ3) is 5.79. The number of carboxylic acid groups (broad SMARTS) is 1. The minimum absolute atomic E-state index is 0.156. The van der Waals surface area contributed by atoms with Crippen LogP contribution in [0.2, 0.25) is 0 Å². The molecule has 0 saturated heterocycles. The first kappa shape index (κ1) is 22.4. The molecule has 154 valence electrons. The maximum atomic E-state index is 12.4. The Balaban J connectivity index is 2.31. The Bertz CT molecular complexity index is 1080. The number of nitrogens with one attached hydrogen (secondary N) is 1. The van der Waals surface area contributed by atoms with Gasteiger partial charge in [-0.2, -0.15) is 5.26 Å². The normalized spacial score (nSPS) is 10.6. The van der Waals surface area contributed by atoms with Gasteiger partial charge in [0.1, 0.15) is 11.6 Å². The molecule has 1 amide bonds. The van der Waals surface area contributed by atoms with Crippen molar-refractivity contribution < 1.29 is 29.1 Å². The lowest BCUT2D eigenvalue weighted by Gasteiger charge is -2.12. The van der Waals surface area contributed by atoms with Crippen molar-refractivity contribution in [1.29, 1.82) is 5.26 Å². The number of amides is 1. The highest BCUT2D eigenvalue weighted by atomic mass is 79.9. The molecule has 0 aliphatic carbocycles. The van der Waals surface area contributed by atoms with Crippen LogP contribution >= 0.6 is 15.9 Å². The van der Waals surface area contributed by atoms with Gasteiger partial charge in [-0.05, 0) is 29.8 Å². The van der Waals surface area contributed by atoms with Gasteiger partial charge in [0.05, 0.1) is 12.0 Å². The second-order valence-electron chi connectivity index (χ2n) is 5.64. The lowest BCUT2D eigenvalue weighted by atomic mass is 10.1. The minimum atomic E-state index is -1.17. The molecular formula is C19H14BrN3O7. The number of nitro benzene ring substituents is 1. The predicted molar refractivity (Wildman–Crippen MR) is 109 cm³/mol. The van der Waals surface area contributed by atoms with E-state index >= 15 is 0 Å². The summed E-state index contributed by atoms with van der Waals surface area (Å²) in [6.45, 7) is -0.576. The number of carbonyl (C=O) groups is 2. The number of hydrogen-bond acceptors (Lipinski definition) is 7. The molecule has 0 radical (unpaired) electrons. The van der Waals surface area contributed by atoms with Crippen molar-refractivity contribution in [2.75, 3.05) is 19.0 Å². The van der Waals surface area contributed by atoms with Gasteiger partial charge in [0.15, 0.2) is 18.1 Å². The molecule has 2 aromatic carbocycles. The van der Waals surface area contributed by atoms with Crippen molar-refractivity contribution in [3.63, 3.8) is 0 Å². The monoisotopic (exact) mass is 475 g/mol. The molecule has 11 heteroatoms. The van der Waals surface area contributed by atoms with Gasteiger partial charge < -0.3 is 19.9 Å². The highest BCUT2D eigenvalue weighted by Crippen LogP contribution is 2.34. The summed E-state index contributed by atoms with van der Waals surface area (Å²) in [7, 11) is 1.35. The molecule has 30 heavy (non-hydrogen) atoms. The van der Waals surface area contributed by atoms with Gasteiger partial charge in [0.25, 0.3) is 11.6 Å². The first-order valence-electron chi connectivity index (χ1n) is 8.15. The van der Waals surface area contributed by atoms with E-state index in [1.165, 1.54) is 49.6 Å². The summed E-state index contributed by atoms with van der Waals surface area (Å²) < 4.78 is 10.7. The summed E-state index contributed by atoms with van der Waals surface area (Å²) in [5.74, 6) is -1.58. The molecule has 0 heterocycles. The average Bonchev–Trinajstić information content (AvgIpc) is 2.71. The zero-order chi connectivity index (χ0) is 22.3. The zero-order valence-corrected chi connectivity index (χ0v) is 17.0. The van der Waals surface area contributed by atoms with Gasteiger partial charge in [-0.3, -0.25) is 14.9 Å². The highest BCUT2D eigenvalue weighted by Gasteiger charge is 2.15. The van der Waals surface area contributed by atoms with E-state index in [1.807, 2.05) is 0 Å². The van der Waals surface area contributed by atoms with Crippen molar-refractivity contribution in [3.8, 4) is 17.6 Å². The summed E-state index contributed by atoms with van der Waals surface area (Å²) in [5.41, 5.74) is 0.0628. The van der Waals surface area contributed by atoms with Gasteiger partial charge in [0, 0.05) is 22.3 Å². The van der Waals surface area contributed by atoms with Crippen molar-refractivity contribution in [1.82, 2.24) is 0 Å². The molecule has 0 unspecified atom stereocenters. The van der Waals surface area contributed by atoms with E-state index in [0.29, 0.717) is 10.0 Å². The number of methoxy groups -OCH3 is 1. The molecule has 0 saturated carbocycles. The zero-order valence-electron chi connectivity index (χ0n) is 15.4. The van der Waals surface area contributed by atoms with Gasteiger partial charge in [-0.1, -0.05) is 22.0 Å². The average molecular weight is 476 g/mol. The molecule has 2 aromatic rings. The number of halogens is 1. The van der Waals surface area contributed by atoms with E-state index in [4.69, 9.17) is 14.6 Å². The summed E-state index contributed by atoms with van der Waals surface area (Å²) in [4.78, 5) is 33.4. The minimum Gasteiger partial charge on any atom is -0.493 e. The molecule has 0 atom stereocenters. The Morgan fingerprint density at radius 1 is 1.33 bits per heavy atom. The Morgan fingerprint density at radius 3 is 2.67 bits per heavy atom. The van der Waals surface area contributed by atoms with Gasteiger partial charge in [-0.25, -0.2) is 4.79 Å². The molecule has 0 fully saturated rings. The van der Waals surface area contributed by atoms with E-state index in [1.54, 1.807) is 6.07 Å². The predicted octanol–water partition coefficient (Wildman–Crippen LogP) is 3.37. The first-order valence-corrected chi connectivity index (χ1v) is 8.94. The van der Waals surface area contributed by atoms with Gasteiger partial charge in [-0.15, -0.1) is 0 Å². The Hall–Kier alpha value is -3.91. The largest absolute Gasteiger partial charge is 0.493 e. The van der Waals surface area contributed by atoms with Crippen molar-refractivity contribution >= 4 is 45.3 Å². The number of nitriles is 1. The van der Waals surface area contributed by atoms with Crippen molar-refractivity contribution in [2.24, 2.45) is 0 Å². The molecule has 2 rings (SSSR count). The second-order valence-corrected chi connectivity index (χ2v) is 6.49. The third-order valence-electron chi connectivity index (χ3n) is 3.61. The number of non-ortho nitro benzene ring substituents is 1. The Labute approximate surface area is 178 Å².